The van der Waals surface area contributed by atoms with E-state index in [1.807, 2.05) is 72.5 Å². The minimum absolute atomic E-state index is 0.0870. The standard InChI is InChI=1S/C36H46N6O3Si/c1-4-6-17-40(18-7-5-2)36(45)33-19-25(3)42(38-33)34-16-15-29(39-46-31-14-10-13-28(37)21-31)22-32(34)35(44)41-23-27-12-9-8-11-26(27)20-30(41)24-43/h8-16,19,21-22,30,39,43H,4-7,17-18,20,23-24,37,46H2,1-3H3. The van der Waals surface area contributed by atoms with Gasteiger partial charge < -0.3 is 25.6 Å². The SMILES string of the molecule is CCCCN(CCCC)C(=O)c1cc(C)n(-c2ccc(N[SiH2]c3cccc(N)c3)cc2C(=O)N2Cc3ccccc3CC2CO)n1. The van der Waals surface area contributed by atoms with Gasteiger partial charge in [-0.05, 0) is 78.9 Å². The summed E-state index contributed by atoms with van der Waals surface area (Å²) in [7, 11) is -0.929. The topological polar surface area (TPSA) is 117 Å². The van der Waals surface area contributed by atoms with E-state index in [4.69, 9.17) is 10.8 Å². The Labute approximate surface area is 274 Å². The van der Waals surface area contributed by atoms with Gasteiger partial charge in [0.25, 0.3) is 11.8 Å². The third-order valence-corrected chi connectivity index (χ3v) is 10.1. The minimum Gasteiger partial charge on any atom is -0.412 e. The van der Waals surface area contributed by atoms with E-state index in [9.17, 15) is 14.7 Å². The molecule has 0 spiro atoms. The number of aliphatic hydroxyl groups is 1. The number of nitrogen functional groups attached to an aromatic ring is 1. The van der Waals surface area contributed by atoms with Gasteiger partial charge in [0.2, 0.25) is 0 Å². The molecule has 1 aromatic heterocycles. The molecule has 9 nitrogen and oxygen atoms in total. The fraction of sp³-hybridized carbons (Fsp3) is 0.361. The second-order valence-electron chi connectivity index (χ2n) is 12.2. The molecule has 242 valence electrons. The number of aryl methyl sites for hydroxylation is 1. The van der Waals surface area contributed by atoms with Crippen LogP contribution in [0.15, 0.2) is 72.8 Å². The van der Waals surface area contributed by atoms with E-state index >= 15 is 0 Å². The van der Waals surface area contributed by atoms with Crippen molar-refractivity contribution in [3.05, 3.63) is 101 Å². The van der Waals surface area contributed by atoms with Crippen LogP contribution < -0.4 is 15.9 Å². The Balaban J connectivity index is 1.51. The molecule has 4 aromatic rings. The molecule has 0 bridgehead atoms. The molecule has 0 radical (unpaired) electrons. The third-order valence-electron chi connectivity index (χ3n) is 8.69. The van der Waals surface area contributed by atoms with Crippen molar-refractivity contribution in [1.82, 2.24) is 19.6 Å². The zero-order chi connectivity index (χ0) is 32.6. The van der Waals surface area contributed by atoms with E-state index in [2.05, 4.69) is 31.0 Å². The van der Waals surface area contributed by atoms with Gasteiger partial charge in [-0.25, -0.2) is 4.68 Å². The van der Waals surface area contributed by atoms with Gasteiger partial charge in [0, 0.05) is 36.7 Å². The van der Waals surface area contributed by atoms with Crippen LogP contribution >= 0.6 is 0 Å². The van der Waals surface area contributed by atoms with E-state index in [0.29, 0.717) is 43.0 Å². The van der Waals surface area contributed by atoms with Gasteiger partial charge in [-0.2, -0.15) is 5.10 Å². The van der Waals surface area contributed by atoms with Gasteiger partial charge in [-0.15, -0.1) is 0 Å². The van der Waals surface area contributed by atoms with Crippen LogP contribution in [-0.4, -0.2) is 71.9 Å². The predicted molar refractivity (Wildman–Crippen MR) is 188 cm³/mol. The van der Waals surface area contributed by atoms with Crippen molar-refractivity contribution >= 4 is 38.1 Å². The molecule has 2 amide bonds. The highest BCUT2D eigenvalue weighted by Crippen LogP contribution is 2.29. The van der Waals surface area contributed by atoms with Crippen LogP contribution in [-0.2, 0) is 13.0 Å². The number of carbonyl (C=O) groups is 2. The number of carbonyl (C=O) groups excluding carboxylic acids is 2. The first-order valence-corrected chi connectivity index (χ1v) is 17.8. The summed E-state index contributed by atoms with van der Waals surface area (Å²) < 4.78 is 1.71. The summed E-state index contributed by atoms with van der Waals surface area (Å²) in [5, 5.41) is 16.3. The molecule has 0 saturated carbocycles. The lowest BCUT2D eigenvalue weighted by atomic mass is 9.93. The highest BCUT2D eigenvalue weighted by molar-refractivity contribution is 6.57. The number of nitrogens with two attached hydrogens (primary N) is 1. The number of hydrogen-bond donors (Lipinski definition) is 3. The fourth-order valence-corrected chi connectivity index (χ4v) is 7.27. The Kier molecular flexibility index (Phi) is 10.9. The van der Waals surface area contributed by atoms with Crippen molar-refractivity contribution in [3.63, 3.8) is 0 Å². The average Bonchev–Trinajstić information content (AvgIpc) is 3.47. The summed E-state index contributed by atoms with van der Waals surface area (Å²) in [5.74, 6) is -0.274. The number of fused-ring (bicyclic) bond motifs is 1. The van der Waals surface area contributed by atoms with Gasteiger partial charge in [0.1, 0.15) is 0 Å². The van der Waals surface area contributed by atoms with Gasteiger partial charge in [-0.1, -0.05) is 63.1 Å². The summed E-state index contributed by atoms with van der Waals surface area (Å²) >= 11 is 0. The number of aromatic nitrogens is 2. The number of nitrogens with one attached hydrogen (secondary N) is 1. The summed E-state index contributed by atoms with van der Waals surface area (Å²) in [6, 6.07) is 23.1. The molecule has 3 aromatic carbocycles. The number of hydrogen-bond acceptors (Lipinski definition) is 6. The molecule has 1 aliphatic rings. The van der Waals surface area contributed by atoms with E-state index in [-0.39, 0.29) is 24.5 Å². The Bertz CT molecular complexity index is 1660. The molecule has 0 aliphatic carbocycles. The molecular weight excluding hydrogens is 593 g/mol. The lowest BCUT2D eigenvalue weighted by Crippen LogP contribution is -2.46. The summed E-state index contributed by atoms with van der Waals surface area (Å²) in [5.41, 5.74) is 12.0. The van der Waals surface area contributed by atoms with Gasteiger partial charge in [0.15, 0.2) is 15.4 Å². The fourth-order valence-electron chi connectivity index (χ4n) is 6.05. The van der Waals surface area contributed by atoms with E-state index in [1.54, 1.807) is 9.58 Å². The van der Waals surface area contributed by atoms with Gasteiger partial charge >= 0.3 is 0 Å². The van der Waals surface area contributed by atoms with E-state index in [0.717, 1.165) is 59.1 Å². The Morgan fingerprint density at radius 2 is 1.74 bits per heavy atom. The molecular formula is C36H46N6O3Si. The summed E-state index contributed by atoms with van der Waals surface area (Å²) in [6.45, 7) is 7.81. The van der Waals surface area contributed by atoms with Crippen LogP contribution in [0.25, 0.3) is 5.69 Å². The number of amides is 2. The van der Waals surface area contributed by atoms with Crippen molar-refractivity contribution in [2.24, 2.45) is 0 Å². The largest absolute Gasteiger partial charge is 0.412 e. The summed E-state index contributed by atoms with van der Waals surface area (Å²) in [6.07, 6.45) is 4.47. The second kappa shape index (κ2) is 15.2. The number of rotatable bonds is 13. The van der Waals surface area contributed by atoms with Crippen LogP contribution in [0, 0.1) is 6.92 Å². The van der Waals surface area contributed by atoms with E-state index in [1.165, 1.54) is 0 Å². The lowest BCUT2D eigenvalue weighted by Gasteiger charge is -2.36. The molecule has 5 rings (SSSR count). The van der Waals surface area contributed by atoms with Crippen LogP contribution in [0.2, 0.25) is 0 Å². The molecule has 1 atom stereocenters. The van der Waals surface area contributed by atoms with Gasteiger partial charge in [-0.3, -0.25) is 9.59 Å². The Hall–Kier alpha value is -4.41. The zero-order valence-corrected chi connectivity index (χ0v) is 28.6. The Morgan fingerprint density at radius 3 is 2.43 bits per heavy atom. The van der Waals surface area contributed by atoms with Crippen molar-refractivity contribution in [1.29, 1.82) is 0 Å². The molecule has 0 fully saturated rings. The highest BCUT2D eigenvalue weighted by Gasteiger charge is 2.32. The quantitative estimate of drug-likeness (QED) is 0.149. The number of aliphatic hydroxyl groups excluding tert-OH is 1. The molecule has 46 heavy (non-hydrogen) atoms. The first-order chi connectivity index (χ1) is 22.3. The maximum absolute atomic E-state index is 14.5. The molecule has 1 aliphatic heterocycles. The number of nitrogens with zero attached hydrogens (tertiary/aromatic N) is 4. The smallest absolute Gasteiger partial charge is 0.274 e. The normalized spacial score (nSPS) is 14.4. The molecule has 4 N–H and O–H groups in total. The van der Waals surface area contributed by atoms with Crippen molar-refractivity contribution < 1.29 is 14.7 Å². The maximum atomic E-state index is 14.5. The van der Waals surface area contributed by atoms with Crippen LogP contribution in [0.1, 0.15) is 77.2 Å². The van der Waals surface area contributed by atoms with Crippen LogP contribution in [0.3, 0.4) is 0 Å². The minimum atomic E-state index is -0.929. The third kappa shape index (κ3) is 7.51. The predicted octanol–water partition coefficient (Wildman–Crippen LogP) is 4.19. The zero-order valence-electron chi connectivity index (χ0n) is 27.2. The van der Waals surface area contributed by atoms with Crippen LogP contribution in [0.5, 0.6) is 0 Å². The second-order valence-corrected chi connectivity index (χ2v) is 13.7. The number of anilines is 2. The van der Waals surface area contributed by atoms with Crippen molar-refractivity contribution in [3.8, 4) is 5.69 Å². The lowest BCUT2D eigenvalue weighted by molar-refractivity contribution is 0.0544. The first-order valence-electron chi connectivity index (χ1n) is 16.4. The van der Waals surface area contributed by atoms with E-state index < -0.39 is 9.68 Å². The highest BCUT2D eigenvalue weighted by atomic mass is 28.2. The van der Waals surface area contributed by atoms with Crippen molar-refractivity contribution in [2.45, 2.75) is 65.5 Å². The summed E-state index contributed by atoms with van der Waals surface area (Å²) in [4.78, 5) is 35.4. The average molecular weight is 639 g/mol. The van der Waals surface area contributed by atoms with Crippen LogP contribution in [0.4, 0.5) is 11.4 Å². The molecule has 0 saturated heterocycles. The maximum Gasteiger partial charge on any atom is 0.274 e. The van der Waals surface area contributed by atoms with Crippen molar-refractivity contribution in [2.75, 3.05) is 30.4 Å². The number of benzene rings is 3. The monoisotopic (exact) mass is 638 g/mol. The molecule has 10 heteroatoms. The Morgan fingerprint density at radius 1 is 1.00 bits per heavy atom. The number of unbranched alkanes of at least 4 members (excludes halogenated alkanes) is 2. The molecule has 2 heterocycles. The van der Waals surface area contributed by atoms with Gasteiger partial charge in [0.05, 0.1) is 23.9 Å². The molecule has 1 unspecified atom stereocenters. The first kappa shape index (κ1) is 33.0.